The third-order valence-electron chi connectivity index (χ3n) is 10.4. The molecule has 0 bridgehead atoms. The number of aliphatic hydroxyl groups is 2. The van der Waals surface area contributed by atoms with Crippen LogP contribution in [0.25, 0.3) is 0 Å². The summed E-state index contributed by atoms with van der Waals surface area (Å²) in [7, 11) is 0. The minimum Gasteiger partial charge on any atom is -0.394 e. The Balaban J connectivity index is 3.47. The van der Waals surface area contributed by atoms with Gasteiger partial charge in [0.15, 0.2) is 0 Å². The van der Waals surface area contributed by atoms with Crippen LogP contribution in [0.1, 0.15) is 251 Å². The van der Waals surface area contributed by atoms with Crippen LogP contribution in [-0.4, -0.2) is 34.9 Å². The third kappa shape index (κ3) is 36.5. The first-order valence-corrected chi connectivity index (χ1v) is 21.7. The molecule has 0 unspecified atom stereocenters. The maximum atomic E-state index is 12.4. The molecule has 4 nitrogen and oxygen atoms in total. The van der Waals surface area contributed by atoms with Crippen LogP contribution in [0.15, 0.2) is 0 Å². The number of rotatable bonds is 40. The molecular weight excluding hydrogens is 578 g/mol. The Hall–Kier alpha value is -0.610. The van der Waals surface area contributed by atoms with Gasteiger partial charge in [0.25, 0.3) is 0 Å². The van der Waals surface area contributed by atoms with Crippen LogP contribution in [0.2, 0.25) is 0 Å². The lowest BCUT2D eigenvalue weighted by Gasteiger charge is -2.22. The first-order chi connectivity index (χ1) is 23.2. The molecular formula is C43H87NO3. The van der Waals surface area contributed by atoms with Crippen molar-refractivity contribution in [3.8, 4) is 0 Å². The average molecular weight is 666 g/mol. The van der Waals surface area contributed by atoms with Crippen LogP contribution in [0.5, 0.6) is 0 Å². The molecule has 0 saturated heterocycles. The Labute approximate surface area is 295 Å². The molecule has 0 aromatic rings. The van der Waals surface area contributed by atoms with E-state index in [4.69, 9.17) is 0 Å². The van der Waals surface area contributed by atoms with E-state index in [-0.39, 0.29) is 12.5 Å². The van der Waals surface area contributed by atoms with Gasteiger partial charge in [-0.15, -0.1) is 0 Å². The van der Waals surface area contributed by atoms with Crippen molar-refractivity contribution < 1.29 is 15.0 Å². The smallest absolute Gasteiger partial charge is 0.220 e. The fourth-order valence-corrected chi connectivity index (χ4v) is 7.01. The second-order valence-electron chi connectivity index (χ2n) is 15.1. The molecule has 0 aliphatic carbocycles. The fraction of sp³-hybridized carbons (Fsp3) is 0.977. The SMILES string of the molecule is CCCCCCCCCCCCCCCCCCCCCC(=O)N[C@@H](CO)[C@H](O)CCCCCCCCCCCCCCCCCC. The summed E-state index contributed by atoms with van der Waals surface area (Å²) in [4.78, 5) is 12.4. The van der Waals surface area contributed by atoms with Crippen molar-refractivity contribution in [2.45, 2.75) is 264 Å². The van der Waals surface area contributed by atoms with E-state index in [0.29, 0.717) is 12.8 Å². The Morgan fingerprint density at radius 1 is 0.426 bits per heavy atom. The lowest BCUT2D eigenvalue weighted by Crippen LogP contribution is -2.45. The average Bonchev–Trinajstić information content (AvgIpc) is 3.07. The minimum atomic E-state index is -0.652. The van der Waals surface area contributed by atoms with Crippen molar-refractivity contribution >= 4 is 5.91 Å². The molecule has 0 heterocycles. The molecule has 282 valence electrons. The molecule has 0 fully saturated rings. The molecule has 4 heteroatoms. The molecule has 0 aliphatic heterocycles. The fourth-order valence-electron chi connectivity index (χ4n) is 7.01. The zero-order valence-electron chi connectivity index (χ0n) is 32.3. The van der Waals surface area contributed by atoms with E-state index in [0.717, 1.165) is 25.7 Å². The summed E-state index contributed by atoms with van der Waals surface area (Å²) >= 11 is 0. The number of amides is 1. The highest BCUT2D eigenvalue weighted by atomic mass is 16.3. The van der Waals surface area contributed by atoms with Crippen molar-refractivity contribution in [3.63, 3.8) is 0 Å². The number of nitrogens with one attached hydrogen (secondary N) is 1. The van der Waals surface area contributed by atoms with Gasteiger partial charge in [-0.2, -0.15) is 0 Å². The standard InChI is InChI=1S/C43H87NO3/c1-3-5-7-9-11-13-15-17-19-21-22-23-25-27-29-31-33-35-37-39-43(47)44-41(40-45)42(46)38-36-34-32-30-28-26-24-20-18-16-14-12-10-8-6-4-2/h41-42,45-46H,3-40H2,1-2H3,(H,44,47)/t41-,42+/m0/s1. The van der Waals surface area contributed by atoms with E-state index < -0.39 is 12.1 Å². The van der Waals surface area contributed by atoms with Crippen LogP contribution >= 0.6 is 0 Å². The quantitative estimate of drug-likeness (QED) is 0.0570. The zero-order chi connectivity index (χ0) is 34.3. The largest absolute Gasteiger partial charge is 0.394 e. The molecule has 0 rings (SSSR count). The molecule has 0 radical (unpaired) electrons. The van der Waals surface area contributed by atoms with Crippen molar-refractivity contribution in [2.75, 3.05) is 6.61 Å². The second-order valence-corrected chi connectivity index (χ2v) is 15.1. The summed E-state index contributed by atoms with van der Waals surface area (Å²) < 4.78 is 0. The number of aliphatic hydroxyl groups excluding tert-OH is 2. The predicted molar refractivity (Wildman–Crippen MR) is 207 cm³/mol. The van der Waals surface area contributed by atoms with Gasteiger partial charge < -0.3 is 15.5 Å². The van der Waals surface area contributed by atoms with E-state index >= 15 is 0 Å². The number of carbonyl (C=O) groups excluding carboxylic acids is 1. The maximum absolute atomic E-state index is 12.4. The van der Waals surface area contributed by atoms with Gasteiger partial charge in [0.1, 0.15) is 0 Å². The molecule has 0 aliphatic rings. The Morgan fingerprint density at radius 2 is 0.681 bits per heavy atom. The number of hydrogen-bond acceptors (Lipinski definition) is 3. The van der Waals surface area contributed by atoms with Gasteiger partial charge in [0, 0.05) is 6.42 Å². The summed E-state index contributed by atoms with van der Waals surface area (Å²) in [5, 5.41) is 23.2. The van der Waals surface area contributed by atoms with Crippen LogP contribution in [-0.2, 0) is 4.79 Å². The van der Waals surface area contributed by atoms with Crippen LogP contribution in [0.3, 0.4) is 0 Å². The summed E-state index contributed by atoms with van der Waals surface area (Å²) in [6.45, 7) is 4.38. The van der Waals surface area contributed by atoms with Gasteiger partial charge in [-0.1, -0.05) is 232 Å². The Morgan fingerprint density at radius 3 is 0.957 bits per heavy atom. The van der Waals surface area contributed by atoms with Crippen LogP contribution in [0.4, 0.5) is 0 Å². The molecule has 0 spiro atoms. The Bertz CT molecular complexity index is 598. The topological polar surface area (TPSA) is 69.6 Å². The van der Waals surface area contributed by atoms with Gasteiger partial charge in [-0.05, 0) is 12.8 Å². The zero-order valence-corrected chi connectivity index (χ0v) is 32.3. The number of unbranched alkanes of at least 4 members (excludes halogenated alkanes) is 33. The first-order valence-electron chi connectivity index (χ1n) is 21.7. The van der Waals surface area contributed by atoms with Crippen LogP contribution in [0, 0.1) is 0 Å². The van der Waals surface area contributed by atoms with Gasteiger partial charge in [-0.25, -0.2) is 0 Å². The number of hydrogen-bond donors (Lipinski definition) is 3. The maximum Gasteiger partial charge on any atom is 0.220 e. The monoisotopic (exact) mass is 666 g/mol. The normalized spacial score (nSPS) is 12.9. The molecule has 3 N–H and O–H groups in total. The Kier molecular flexibility index (Phi) is 39.3. The summed E-state index contributed by atoms with van der Waals surface area (Å²) in [5.41, 5.74) is 0. The van der Waals surface area contributed by atoms with Crippen LogP contribution < -0.4 is 5.32 Å². The first kappa shape index (κ1) is 46.4. The van der Waals surface area contributed by atoms with E-state index in [1.165, 1.54) is 199 Å². The molecule has 47 heavy (non-hydrogen) atoms. The van der Waals surface area contributed by atoms with Crippen molar-refractivity contribution in [1.82, 2.24) is 5.32 Å². The summed E-state index contributed by atoms with van der Waals surface area (Å²) in [6, 6.07) is -0.529. The lowest BCUT2D eigenvalue weighted by molar-refractivity contribution is -0.123. The highest BCUT2D eigenvalue weighted by Gasteiger charge is 2.20. The summed E-state index contributed by atoms with van der Waals surface area (Å²) in [5.74, 6) is -0.0259. The number of carbonyl (C=O) groups is 1. The third-order valence-corrected chi connectivity index (χ3v) is 10.4. The molecule has 0 saturated carbocycles. The van der Waals surface area contributed by atoms with Gasteiger partial charge in [0.2, 0.25) is 5.91 Å². The van der Waals surface area contributed by atoms with E-state index in [1.54, 1.807) is 0 Å². The van der Waals surface area contributed by atoms with E-state index in [2.05, 4.69) is 19.2 Å². The van der Waals surface area contributed by atoms with Gasteiger partial charge in [0.05, 0.1) is 18.8 Å². The van der Waals surface area contributed by atoms with Gasteiger partial charge in [-0.3, -0.25) is 4.79 Å². The van der Waals surface area contributed by atoms with Crippen molar-refractivity contribution in [2.24, 2.45) is 0 Å². The van der Waals surface area contributed by atoms with E-state index in [1.807, 2.05) is 0 Å². The minimum absolute atomic E-state index is 0.0259. The van der Waals surface area contributed by atoms with Crippen molar-refractivity contribution in [1.29, 1.82) is 0 Å². The molecule has 0 aromatic heterocycles. The second kappa shape index (κ2) is 39.8. The molecule has 2 atom stereocenters. The highest BCUT2D eigenvalue weighted by molar-refractivity contribution is 5.76. The lowest BCUT2D eigenvalue weighted by atomic mass is 10.0. The van der Waals surface area contributed by atoms with Gasteiger partial charge >= 0.3 is 0 Å². The summed E-state index contributed by atoms with van der Waals surface area (Å²) in [6.07, 6.45) is 47.5. The van der Waals surface area contributed by atoms with E-state index in [9.17, 15) is 15.0 Å². The highest BCUT2D eigenvalue weighted by Crippen LogP contribution is 2.17. The van der Waals surface area contributed by atoms with Crippen molar-refractivity contribution in [3.05, 3.63) is 0 Å². The molecule has 1 amide bonds. The molecule has 0 aromatic carbocycles. The predicted octanol–water partition coefficient (Wildman–Crippen LogP) is 13.3.